The number of hydrogen-bond acceptors (Lipinski definition) is 4. The van der Waals surface area contributed by atoms with Crippen LogP contribution in [0, 0.1) is 0 Å². The molecule has 1 unspecified atom stereocenters. The molecule has 2 aliphatic heterocycles. The van der Waals surface area contributed by atoms with Crippen LogP contribution in [-0.4, -0.2) is 69.5 Å². The SMILES string of the molecule is O=C(O)N1CC(Br)[C@@H](O)[C@@H](O)C1.c1ccc(N2CCCCC2)cc1. The average molecular weight is 401 g/mol. The van der Waals surface area contributed by atoms with E-state index in [0.717, 1.165) is 4.90 Å². The lowest BCUT2D eigenvalue weighted by Crippen LogP contribution is -2.54. The topological polar surface area (TPSA) is 84.2 Å². The molecule has 3 N–H and O–H groups in total. The van der Waals surface area contributed by atoms with Crippen molar-refractivity contribution in [1.29, 1.82) is 0 Å². The minimum atomic E-state index is -1.08. The van der Waals surface area contributed by atoms with Gasteiger partial charge in [0.2, 0.25) is 0 Å². The Kier molecular flexibility index (Phi) is 7.33. The Morgan fingerprint density at radius 2 is 1.67 bits per heavy atom. The van der Waals surface area contributed by atoms with Crippen molar-refractivity contribution in [2.75, 3.05) is 31.1 Å². The van der Waals surface area contributed by atoms with Crippen LogP contribution in [-0.2, 0) is 0 Å². The van der Waals surface area contributed by atoms with Gasteiger partial charge in [-0.25, -0.2) is 4.79 Å². The predicted molar refractivity (Wildman–Crippen MR) is 96.8 cm³/mol. The molecule has 6 nitrogen and oxygen atoms in total. The molecular formula is C17H25BrN2O4. The highest BCUT2D eigenvalue weighted by Crippen LogP contribution is 2.19. The highest BCUT2D eigenvalue weighted by Gasteiger charge is 2.34. The largest absolute Gasteiger partial charge is 0.465 e. The fourth-order valence-corrected chi connectivity index (χ4v) is 3.62. The summed E-state index contributed by atoms with van der Waals surface area (Å²) >= 11 is 3.09. The van der Waals surface area contributed by atoms with Crippen molar-refractivity contribution in [3.63, 3.8) is 0 Å². The third kappa shape index (κ3) is 5.36. The Hall–Kier alpha value is -1.31. The van der Waals surface area contributed by atoms with Gasteiger partial charge in [0, 0.05) is 25.3 Å². The number of carboxylic acid groups (broad SMARTS) is 1. The Morgan fingerprint density at radius 1 is 1.04 bits per heavy atom. The lowest BCUT2D eigenvalue weighted by atomic mass is 10.1. The van der Waals surface area contributed by atoms with Gasteiger partial charge in [-0.1, -0.05) is 34.1 Å². The molecule has 0 aliphatic carbocycles. The number of nitrogens with zero attached hydrogens (tertiary/aromatic N) is 2. The number of carbonyl (C=O) groups is 1. The highest BCUT2D eigenvalue weighted by molar-refractivity contribution is 9.09. The van der Waals surface area contributed by atoms with Crippen LogP contribution >= 0.6 is 15.9 Å². The number of alkyl halides is 1. The highest BCUT2D eigenvalue weighted by atomic mass is 79.9. The van der Waals surface area contributed by atoms with Gasteiger partial charge in [0.1, 0.15) is 0 Å². The van der Waals surface area contributed by atoms with Crippen LogP contribution in [0.2, 0.25) is 0 Å². The summed E-state index contributed by atoms with van der Waals surface area (Å²) in [7, 11) is 0. The molecule has 0 saturated carbocycles. The number of para-hydroxylation sites is 1. The van der Waals surface area contributed by atoms with Crippen LogP contribution in [0.1, 0.15) is 19.3 Å². The molecule has 2 aliphatic rings. The van der Waals surface area contributed by atoms with Crippen LogP contribution in [0.25, 0.3) is 0 Å². The Bertz CT molecular complexity index is 499. The number of hydrogen-bond donors (Lipinski definition) is 3. The summed E-state index contributed by atoms with van der Waals surface area (Å²) in [6.07, 6.45) is 1.15. The van der Waals surface area contributed by atoms with Crippen LogP contribution < -0.4 is 4.90 Å². The first-order valence-corrected chi connectivity index (χ1v) is 9.18. The summed E-state index contributed by atoms with van der Waals surface area (Å²) in [6, 6.07) is 10.7. The summed E-state index contributed by atoms with van der Waals surface area (Å²) in [4.78, 5) is 13.6. The second-order valence-corrected chi connectivity index (χ2v) is 7.32. The van der Waals surface area contributed by atoms with E-state index in [1.807, 2.05) is 0 Å². The van der Waals surface area contributed by atoms with Crippen molar-refractivity contribution in [2.45, 2.75) is 36.3 Å². The van der Waals surface area contributed by atoms with E-state index in [1.54, 1.807) is 0 Å². The molecule has 1 amide bonds. The molecule has 0 bridgehead atoms. The molecule has 7 heteroatoms. The van der Waals surface area contributed by atoms with E-state index in [9.17, 15) is 15.0 Å². The van der Waals surface area contributed by atoms with Gasteiger partial charge in [-0.2, -0.15) is 0 Å². The summed E-state index contributed by atoms with van der Waals surface area (Å²) in [5, 5.41) is 27.0. The quantitative estimate of drug-likeness (QED) is 0.628. The number of aliphatic hydroxyl groups excluding tert-OH is 2. The summed E-state index contributed by atoms with van der Waals surface area (Å²) < 4.78 is 0. The number of piperidine rings is 2. The van der Waals surface area contributed by atoms with Crippen molar-refractivity contribution in [2.24, 2.45) is 0 Å². The Balaban J connectivity index is 0.000000174. The number of halogens is 1. The molecular weight excluding hydrogens is 376 g/mol. The molecule has 0 aromatic heterocycles. The average Bonchev–Trinajstić information content (AvgIpc) is 2.61. The molecule has 3 atom stereocenters. The number of rotatable bonds is 1. The normalized spacial score (nSPS) is 27.2. The molecule has 2 heterocycles. The Morgan fingerprint density at radius 3 is 2.21 bits per heavy atom. The molecule has 2 saturated heterocycles. The molecule has 2 fully saturated rings. The van der Waals surface area contributed by atoms with Gasteiger partial charge in [0.25, 0.3) is 0 Å². The number of benzene rings is 1. The first kappa shape index (κ1) is 19.0. The number of amides is 1. The van der Waals surface area contributed by atoms with Gasteiger partial charge in [-0.05, 0) is 31.4 Å². The van der Waals surface area contributed by atoms with Crippen molar-refractivity contribution in [3.8, 4) is 0 Å². The smallest absolute Gasteiger partial charge is 0.407 e. The molecule has 3 rings (SSSR count). The number of β-amino-alcohol motifs (C(OH)–C–C–N with tert-alkyl or cyclic N) is 1. The second kappa shape index (κ2) is 9.25. The van der Waals surface area contributed by atoms with E-state index in [4.69, 9.17) is 5.11 Å². The van der Waals surface area contributed by atoms with Crippen molar-refractivity contribution in [1.82, 2.24) is 4.90 Å². The molecule has 134 valence electrons. The van der Waals surface area contributed by atoms with Crippen LogP contribution in [0.3, 0.4) is 0 Å². The van der Waals surface area contributed by atoms with Crippen LogP contribution in [0.5, 0.6) is 0 Å². The van der Waals surface area contributed by atoms with Gasteiger partial charge >= 0.3 is 6.09 Å². The second-order valence-electron chi connectivity index (χ2n) is 6.14. The number of aliphatic hydroxyl groups is 2. The van der Waals surface area contributed by atoms with Crippen LogP contribution in [0.15, 0.2) is 30.3 Å². The minimum absolute atomic E-state index is 0.0292. The molecule has 0 spiro atoms. The maximum Gasteiger partial charge on any atom is 0.407 e. The maximum absolute atomic E-state index is 10.5. The zero-order valence-corrected chi connectivity index (χ0v) is 15.2. The van der Waals surface area contributed by atoms with E-state index in [-0.39, 0.29) is 13.1 Å². The fourth-order valence-electron chi connectivity index (χ4n) is 2.92. The third-order valence-electron chi connectivity index (χ3n) is 4.31. The van der Waals surface area contributed by atoms with E-state index < -0.39 is 23.1 Å². The third-order valence-corrected chi connectivity index (χ3v) is 5.15. The first-order chi connectivity index (χ1) is 11.5. The zero-order chi connectivity index (χ0) is 17.5. The van der Waals surface area contributed by atoms with Gasteiger partial charge in [-0.15, -0.1) is 0 Å². The fraction of sp³-hybridized carbons (Fsp3) is 0.588. The van der Waals surface area contributed by atoms with Gasteiger partial charge in [0.15, 0.2) is 0 Å². The summed E-state index contributed by atoms with van der Waals surface area (Å²) in [6.45, 7) is 2.65. The van der Waals surface area contributed by atoms with Crippen LogP contribution in [0.4, 0.5) is 10.5 Å². The van der Waals surface area contributed by atoms with E-state index in [2.05, 4.69) is 51.2 Å². The van der Waals surface area contributed by atoms with Crippen molar-refractivity contribution >= 4 is 27.7 Å². The van der Waals surface area contributed by atoms with Gasteiger partial charge in [-0.3, -0.25) is 0 Å². The monoisotopic (exact) mass is 400 g/mol. The predicted octanol–water partition coefficient (Wildman–Crippen LogP) is 2.14. The van der Waals surface area contributed by atoms with E-state index in [0.29, 0.717) is 0 Å². The standard InChI is InChI=1S/C11H15N.C6H10BrNO4/c1-3-7-11(8-4-1)12-9-5-2-6-10-12;7-3-1-8(6(11)12)2-4(9)5(3)10/h1,3-4,7-8H,2,5-6,9-10H2;3-5,9-10H,1-2H2,(H,11,12)/t;3?,4-,5+/m.0/s1. The zero-order valence-electron chi connectivity index (χ0n) is 13.6. The molecule has 1 aromatic rings. The van der Waals surface area contributed by atoms with E-state index >= 15 is 0 Å². The minimum Gasteiger partial charge on any atom is -0.465 e. The molecule has 1 aromatic carbocycles. The lowest BCUT2D eigenvalue weighted by molar-refractivity contribution is -0.0273. The number of likely N-dealkylation sites (tertiary alicyclic amines) is 1. The Labute approximate surface area is 150 Å². The van der Waals surface area contributed by atoms with E-state index in [1.165, 1.54) is 38.0 Å². The number of anilines is 1. The van der Waals surface area contributed by atoms with Crippen molar-refractivity contribution in [3.05, 3.63) is 30.3 Å². The maximum atomic E-state index is 10.5. The lowest BCUT2D eigenvalue weighted by Gasteiger charge is -2.35. The molecule has 0 radical (unpaired) electrons. The summed E-state index contributed by atoms with van der Waals surface area (Å²) in [5.41, 5.74) is 1.39. The summed E-state index contributed by atoms with van der Waals surface area (Å²) in [5.74, 6) is 0. The molecule has 24 heavy (non-hydrogen) atoms. The van der Waals surface area contributed by atoms with Crippen molar-refractivity contribution < 1.29 is 20.1 Å². The van der Waals surface area contributed by atoms with Gasteiger partial charge < -0.3 is 25.1 Å². The van der Waals surface area contributed by atoms with Gasteiger partial charge in [0.05, 0.1) is 23.6 Å². The first-order valence-electron chi connectivity index (χ1n) is 8.27.